The fourth-order valence-electron chi connectivity index (χ4n) is 1.81. The predicted molar refractivity (Wildman–Crippen MR) is 79.3 cm³/mol. The second kappa shape index (κ2) is 6.88. The van der Waals surface area contributed by atoms with E-state index in [9.17, 15) is 4.79 Å². The summed E-state index contributed by atoms with van der Waals surface area (Å²) in [5, 5.41) is 9.49. The first-order valence-electron chi connectivity index (χ1n) is 7.02. The lowest BCUT2D eigenvalue weighted by molar-refractivity contribution is 0.0941. The Kier molecular flexibility index (Phi) is 4.92. The van der Waals surface area contributed by atoms with Gasteiger partial charge in [0.05, 0.1) is 6.61 Å². The van der Waals surface area contributed by atoms with Gasteiger partial charge in [-0.3, -0.25) is 9.89 Å². The zero-order chi connectivity index (χ0) is 15.2. The van der Waals surface area contributed by atoms with Gasteiger partial charge in [0.15, 0.2) is 0 Å². The monoisotopic (exact) mass is 288 g/mol. The van der Waals surface area contributed by atoms with Crippen LogP contribution in [0.4, 0.5) is 0 Å². The molecule has 0 radical (unpaired) electrons. The summed E-state index contributed by atoms with van der Waals surface area (Å²) < 4.78 is 5.43. The van der Waals surface area contributed by atoms with E-state index in [1.807, 2.05) is 45.0 Å². The predicted octanol–water partition coefficient (Wildman–Crippen LogP) is 2.26. The Labute approximate surface area is 123 Å². The SMILES string of the molecule is CCOc1cccc(CNC(=O)c2n[nH]c(C(C)C)n2)c1. The molecule has 6 nitrogen and oxygen atoms in total. The number of carbonyl (C=O) groups excluding carboxylic acids is 1. The summed E-state index contributed by atoms with van der Waals surface area (Å²) in [4.78, 5) is 16.1. The Balaban J connectivity index is 1.95. The summed E-state index contributed by atoms with van der Waals surface area (Å²) in [6, 6.07) is 7.62. The molecule has 0 spiro atoms. The van der Waals surface area contributed by atoms with Crippen molar-refractivity contribution in [3.05, 3.63) is 41.5 Å². The van der Waals surface area contributed by atoms with E-state index in [4.69, 9.17) is 4.74 Å². The number of nitrogens with one attached hydrogen (secondary N) is 2. The van der Waals surface area contributed by atoms with Crippen LogP contribution < -0.4 is 10.1 Å². The molecule has 0 aliphatic carbocycles. The molecule has 1 heterocycles. The number of ether oxygens (including phenoxy) is 1. The number of benzene rings is 1. The van der Waals surface area contributed by atoms with Gasteiger partial charge in [-0.1, -0.05) is 26.0 Å². The number of rotatable bonds is 6. The minimum Gasteiger partial charge on any atom is -0.494 e. The number of carbonyl (C=O) groups is 1. The van der Waals surface area contributed by atoms with Gasteiger partial charge in [0.25, 0.3) is 5.91 Å². The molecule has 1 aromatic carbocycles. The van der Waals surface area contributed by atoms with Crippen LogP contribution in [-0.2, 0) is 6.54 Å². The van der Waals surface area contributed by atoms with Crippen LogP contribution in [0.25, 0.3) is 0 Å². The van der Waals surface area contributed by atoms with Crippen molar-refractivity contribution in [2.75, 3.05) is 6.61 Å². The third-order valence-electron chi connectivity index (χ3n) is 2.92. The van der Waals surface area contributed by atoms with E-state index in [0.717, 1.165) is 11.3 Å². The molecular formula is C15H20N4O2. The van der Waals surface area contributed by atoms with Crippen LogP contribution in [0, 0.1) is 0 Å². The van der Waals surface area contributed by atoms with E-state index in [2.05, 4.69) is 20.5 Å². The largest absolute Gasteiger partial charge is 0.494 e. The molecule has 0 fully saturated rings. The minimum atomic E-state index is -0.292. The normalized spacial score (nSPS) is 10.7. The molecule has 6 heteroatoms. The molecular weight excluding hydrogens is 268 g/mol. The minimum absolute atomic E-state index is 0.166. The van der Waals surface area contributed by atoms with Crippen molar-refractivity contribution < 1.29 is 9.53 Å². The number of aromatic amines is 1. The van der Waals surface area contributed by atoms with E-state index >= 15 is 0 Å². The number of H-pyrrole nitrogens is 1. The first kappa shape index (κ1) is 15.0. The third-order valence-corrected chi connectivity index (χ3v) is 2.92. The van der Waals surface area contributed by atoms with Crippen molar-refractivity contribution in [3.63, 3.8) is 0 Å². The Morgan fingerprint density at radius 2 is 2.24 bits per heavy atom. The van der Waals surface area contributed by atoms with Crippen molar-refractivity contribution in [1.29, 1.82) is 0 Å². The molecule has 112 valence electrons. The lowest BCUT2D eigenvalue weighted by Gasteiger charge is -2.06. The van der Waals surface area contributed by atoms with E-state index in [1.54, 1.807) is 0 Å². The second-order valence-corrected chi connectivity index (χ2v) is 4.96. The molecule has 0 aliphatic rings. The summed E-state index contributed by atoms with van der Waals surface area (Å²) in [6.45, 7) is 6.93. The molecule has 1 aromatic heterocycles. The molecule has 0 bridgehead atoms. The lowest BCUT2D eigenvalue weighted by atomic mass is 10.2. The van der Waals surface area contributed by atoms with Crippen LogP contribution in [0.5, 0.6) is 5.75 Å². The fraction of sp³-hybridized carbons (Fsp3) is 0.400. The van der Waals surface area contributed by atoms with Crippen molar-refractivity contribution >= 4 is 5.91 Å². The summed E-state index contributed by atoms with van der Waals surface area (Å²) in [6.07, 6.45) is 0. The van der Waals surface area contributed by atoms with Gasteiger partial charge in [0.2, 0.25) is 5.82 Å². The average molecular weight is 288 g/mol. The summed E-state index contributed by atoms with van der Waals surface area (Å²) in [5.41, 5.74) is 0.967. The topological polar surface area (TPSA) is 79.9 Å². The molecule has 2 N–H and O–H groups in total. The maximum atomic E-state index is 12.0. The number of nitrogens with zero attached hydrogens (tertiary/aromatic N) is 2. The highest BCUT2D eigenvalue weighted by Crippen LogP contribution is 2.13. The molecule has 2 aromatic rings. The Hall–Kier alpha value is -2.37. The lowest BCUT2D eigenvalue weighted by Crippen LogP contribution is -2.24. The highest BCUT2D eigenvalue weighted by molar-refractivity contribution is 5.90. The molecule has 0 saturated carbocycles. The molecule has 0 unspecified atom stereocenters. The van der Waals surface area contributed by atoms with Crippen molar-refractivity contribution in [2.45, 2.75) is 33.2 Å². The molecule has 2 rings (SSSR count). The molecule has 1 amide bonds. The van der Waals surface area contributed by atoms with Crippen LogP contribution in [0.3, 0.4) is 0 Å². The Bertz CT molecular complexity index is 607. The van der Waals surface area contributed by atoms with Gasteiger partial charge in [-0.05, 0) is 24.6 Å². The van der Waals surface area contributed by atoms with E-state index < -0.39 is 0 Å². The van der Waals surface area contributed by atoms with Crippen LogP contribution in [0.2, 0.25) is 0 Å². The van der Waals surface area contributed by atoms with E-state index in [-0.39, 0.29) is 17.6 Å². The van der Waals surface area contributed by atoms with Gasteiger partial charge in [-0.15, -0.1) is 5.10 Å². The maximum Gasteiger partial charge on any atom is 0.291 e. The second-order valence-electron chi connectivity index (χ2n) is 4.96. The van der Waals surface area contributed by atoms with Gasteiger partial charge < -0.3 is 10.1 Å². The molecule has 0 aliphatic heterocycles. The van der Waals surface area contributed by atoms with Crippen LogP contribution >= 0.6 is 0 Å². The zero-order valence-corrected chi connectivity index (χ0v) is 12.5. The first-order valence-corrected chi connectivity index (χ1v) is 7.02. The number of amides is 1. The molecule has 0 atom stereocenters. The average Bonchev–Trinajstić information content (AvgIpc) is 2.96. The highest BCUT2D eigenvalue weighted by atomic mass is 16.5. The van der Waals surface area contributed by atoms with Gasteiger partial charge >= 0.3 is 0 Å². The van der Waals surface area contributed by atoms with Crippen molar-refractivity contribution in [2.24, 2.45) is 0 Å². The van der Waals surface area contributed by atoms with Gasteiger partial charge in [0.1, 0.15) is 11.6 Å². The van der Waals surface area contributed by atoms with E-state index in [0.29, 0.717) is 19.0 Å². The third kappa shape index (κ3) is 4.05. The smallest absolute Gasteiger partial charge is 0.291 e. The van der Waals surface area contributed by atoms with Crippen LogP contribution in [-0.4, -0.2) is 27.7 Å². The van der Waals surface area contributed by atoms with Crippen LogP contribution in [0.15, 0.2) is 24.3 Å². The van der Waals surface area contributed by atoms with Gasteiger partial charge in [0, 0.05) is 12.5 Å². The van der Waals surface area contributed by atoms with Gasteiger partial charge in [-0.2, -0.15) is 0 Å². The summed E-state index contributed by atoms with van der Waals surface area (Å²) >= 11 is 0. The standard InChI is InChI=1S/C15H20N4O2/c1-4-21-12-7-5-6-11(8-12)9-16-15(20)14-17-13(10(2)3)18-19-14/h5-8,10H,4,9H2,1-3H3,(H,16,20)(H,17,18,19). The summed E-state index contributed by atoms with van der Waals surface area (Å²) in [5.74, 6) is 1.59. The van der Waals surface area contributed by atoms with Gasteiger partial charge in [-0.25, -0.2) is 4.98 Å². The zero-order valence-electron chi connectivity index (χ0n) is 12.5. The highest BCUT2D eigenvalue weighted by Gasteiger charge is 2.13. The van der Waals surface area contributed by atoms with Crippen molar-refractivity contribution in [3.8, 4) is 5.75 Å². The number of hydrogen-bond donors (Lipinski definition) is 2. The number of aromatic nitrogens is 3. The Morgan fingerprint density at radius 1 is 1.43 bits per heavy atom. The molecule has 21 heavy (non-hydrogen) atoms. The summed E-state index contributed by atoms with van der Waals surface area (Å²) in [7, 11) is 0. The quantitative estimate of drug-likeness (QED) is 0.854. The van der Waals surface area contributed by atoms with Crippen molar-refractivity contribution in [1.82, 2.24) is 20.5 Å². The van der Waals surface area contributed by atoms with Crippen LogP contribution in [0.1, 0.15) is 48.7 Å². The Morgan fingerprint density at radius 3 is 2.90 bits per heavy atom. The maximum absolute atomic E-state index is 12.0. The number of hydrogen-bond acceptors (Lipinski definition) is 4. The molecule has 0 saturated heterocycles. The fourth-order valence-corrected chi connectivity index (χ4v) is 1.81. The first-order chi connectivity index (χ1) is 10.1. The van der Waals surface area contributed by atoms with E-state index in [1.165, 1.54) is 0 Å².